The first-order valence-electron chi connectivity index (χ1n) is 3.89. The first-order chi connectivity index (χ1) is 6.33. The number of rotatable bonds is 3. The normalized spacial score (nSPS) is 9.15. The van der Waals surface area contributed by atoms with Crippen LogP contribution in [0.3, 0.4) is 0 Å². The Balaban J connectivity index is 2.42. The van der Waals surface area contributed by atoms with Gasteiger partial charge in [-0.2, -0.15) is 5.26 Å². The van der Waals surface area contributed by atoms with Gasteiger partial charge in [0.25, 0.3) is 0 Å². The van der Waals surface area contributed by atoms with Crippen LogP contribution < -0.4 is 0 Å². The molecule has 0 heterocycles. The number of carbonyl (C=O) groups excluding carboxylic acids is 1. The fourth-order valence-corrected chi connectivity index (χ4v) is 1.42. The maximum Gasteiger partial charge on any atom is 0.194 e. The van der Waals surface area contributed by atoms with Crippen LogP contribution in [0.5, 0.6) is 0 Å². The summed E-state index contributed by atoms with van der Waals surface area (Å²) in [6, 6.07) is 11.5. The van der Waals surface area contributed by atoms with Crippen LogP contribution in [0.1, 0.15) is 5.56 Å². The van der Waals surface area contributed by atoms with E-state index >= 15 is 0 Å². The van der Waals surface area contributed by atoms with Gasteiger partial charge in [0, 0.05) is 6.42 Å². The van der Waals surface area contributed by atoms with Crippen molar-refractivity contribution in [2.75, 3.05) is 5.75 Å². The highest BCUT2D eigenvalue weighted by atomic mass is 32.2. The second kappa shape index (κ2) is 5.39. The van der Waals surface area contributed by atoms with Crippen molar-refractivity contribution in [2.24, 2.45) is 0 Å². The standard InChI is InChI=1S/C10H9NOS/c11-6-7-13-10(12)8-9-4-2-1-3-5-9/h1-5H,7-8H2. The number of hydrogen-bond donors (Lipinski definition) is 0. The molecule has 1 rings (SSSR count). The monoisotopic (exact) mass is 191 g/mol. The summed E-state index contributed by atoms with van der Waals surface area (Å²) in [7, 11) is 0. The summed E-state index contributed by atoms with van der Waals surface area (Å²) < 4.78 is 0. The van der Waals surface area contributed by atoms with Crippen molar-refractivity contribution in [3.63, 3.8) is 0 Å². The minimum absolute atomic E-state index is 0.0488. The molecule has 0 saturated heterocycles. The van der Waals surface area contributed by atoms with E-state index in [2.05, 4.69) is 0 Å². The molecule has 1 aromatic carbocycles. The average molecular weight is 191 g/mol. The van der Waals surface area contributed by atoms with E-state index < -0.39 is 0 Å². The molecule has 2 nitrogen and oxygen atoms in total. The predicted molar refractivity (Wildman–Crippen MR) is 53.2 cm³/mol. The summed E-state index contributed by atoms with van der Waals surface area (Å²) >= 11 is 1.07. The van der Waals surface area contributed by atoms with Crippen LogP contribution in [0.4, 0.5) is 0 Å². The van der Waals surface area contributed by atoms with Crippen LogP contribution in [-0.4, -0.2) is 10.9 Å². The number of nitrogens with zero attached hydrogens (tertiary/aromatic N) is 1. The van der Waals surface area contributed by atoms with E-state index in [0.29, 0.717) is 6.42 Å². The Hall–Kier alpha value is -1.27. The molecule has 66 valence electrons. The number of hydrogen-bond acceptors (Lipinski definition) is 3. The van der Waals surface area contributed by atoms with Crippen LogP contribution in [0.25, 0.3) is 0 Å². The van der Waals surface area contributed by atoms with Gasteiger partial charge in [-0.3, -0.25) is 4.79 Å². The Morgan fingerprint density at radius 3 is 2.69 bits per heavy atom. The fourth-order valence-electron chi connectivity index (χ4n) is 0.926. The van der Waals surface area contributed by atoms with Gasteiger partial charge in [-0.25, -0.2) is 0 Å². The average Bonchev–Trinajstić information content (AvgIpc) is 2.16. The SMILES string of the molecule is N#CCSC(=O)Cc1ccccc1. The van der Waals surface area contributed by atoms with Gasteiger partial charge in [0.05, 0.1) is 11.8 Å². The summed E-state index contributed by atoms with van der Waals surface area (Å²) in [6.45, 7) is 0. The van der Waals surface area contributed by atoms with Gasteiger partial charge in [0.15, 0.2) is 5.12 Å². The number of nitriles is 1. The fraction of sp³-hybridized carbons (Fsp3) is 0.200. The lowest BCUT2D eigenvalue weighted by Crippen LogP contribution is -1.97. The minimum atomic E-state index is 0.0488. The Morgan fingerprint density at radius 1 is 1.38 bits per heavy atom. The summed E-state index contributed by atoms with van der Waals surface area (Å²) in [5, 5.41) is 8.31. The molecule has 0 saturated carbocycles. The van der Waals surface area contributed by atoms with Crippen molar-refractivity contribution in [2.45, 2.75) is 6.42 Å². The zero-order valence-electron chi connectivity index (χ0n) is 7.06. The molecule has 3 heteroatoms. The molecule has 0 radical (unpaired) electrons. The van der Waals surface area contributed by atoms with E-state index in [1.165, 1.54) is 0 Å². The van der Waals surface area contributed by atoms with E-state index in [4.69, 9.17) is 5.26 Å². The molecule has 0 aliphatic carbocycles. The molecule has 0 aliphatic rings. The molecule has 1 aromatic rings. The van der Waals surface area contributed by atoms with Gasteiger partial charge in [0.1, 0.15) is 0 Å². The molecule has 0 unspecified atom stereocenters. The number of benzene rings is 1. The van der Waals surface area contributed by atoms with Gasteiger partial charge in [-0.1, -0.05) is 42.1 Å². The zero-order valence-corrected chi connectivity index (χ0v) is 7.88. The van der Waals surface area contributed by atoms with Gasteiger partial charge < -0.3 is 0 Å². The lowest BCUT2D eigenvalue weighted by Gasteiger charge is -1.97. The first-order valence-corrected chi connectivity index (χ1v) is 4.88. The molecule has 0 aromatic heterocycles. The number of carbonyl (C=O) groups is 1. The molecule has 0 bridgehead atoms. The third-order valence-corrected chi connectivity index (χ3v) is 2.23. The maximum absolute atomic E-state index is 11.2. The predicted octanol–water partition coefficient (Wildman–Crippen LogP) is 2.01. The van der Waals surface area contributed by atoms with Gasteiger partial charge in [-0.15, -0.1) is 0 Å². The van der Waals surface area contributed by atoms with Crippen molar-refractivity contribution in [1.82, 2.24) is 0 Å². The van der Waals surface area contributed by atoms with Gasteiger partial charge >= 0.3 is 0 Å². The summed E-state index contributed by atoms with van der Waals surface area (Å²) in [6.07, 6.45) is 0.410. The van der Waals surface area contributed by atoms with E-state index in [0.717, 1.165) is 17.3 Å². The van der Waals surface area contributed by atoms with E-state index in [-0.39, 0.29) is 10.9 Å². The highest BCUT2D eigenvalue weighted by Gasteiger charge is 2.02. The van der Waals surface area contributed by atoms with Crippen LogP contribution in [0.15, 0.2) is 30.3 Å². The molecular weight excluding hydrogens is 182 g/mol. The molecule has 0 atom stereocenters. The summed E-state index contributed by atoms with van der Waals surface area (Å²) in [4.78, 5) is 11.2. The second-order valence-corrected chi connectivity index (χ2v) is 3.51. The lowest BCUT2D eigenvalue weighted by molar-refractivity contribution is -0.110. The van der Waals surface area contributed by atoms with Crippen molar-refractivity contribution < 1.29 is 4.79 Å². The van der Waals surface area contributed by atoms with E-state index in [9.17, 15) is 4.79 Å². The van der Waals surface area contributed by atoms with Crippen LogP contribution in [0, 0.1) is 11.3 Å². The Kier molecular flexibility index (Phi) is 4.07. The van der Waals surface area contributed by atoms with Crippen molar-refractivity contribution >= 4 is 16.9 Å². The third kappa shape index (κ3) is 3.77. The third-order valence-electron chi connectivity index (χ3n) is 1.49. The number of thioether (sulfide) groups is 1. The molecule has 0 spiro atoms. The highest BCUT2D eigenvalue weighted by Crippen LogP contribution is 2.07. The van der Waals surface area contributed by atoms with Gasteiger partial charge in [0.2, 0.25) is 0 Å². The topological polar surface area (TPSA) is 40.9 Å². The second-order valence-electron chi connectivity index (χ2n) is 2.48. The molecule has 0 amide bonds. The van der Waals surface area contributed by atoms with Crippen molar-refractivity contribution in [3.8, 4) is 6.07 Å². The highest BCUT2D eigenvalue weighted by molar-refractivity contribution is 8.13. The minimum Gasteiger partial charge on any atom is -0.287 e. The maximum atomic E-state index is 11.2. The molecule has 0 N–H and O–H groups in total. The Labute approximate surface area is 81.6 Å². The quantitative estimate of drug-likeness (QED) is 0.733. The Bertz CT molecular complexity index is 315. The molecule has 0 fully saturated rings. The van der Waals surface area contributed by atoms with Crippen LogP contribution in [0.2, 0.25) is 0 Å². The molecule has 0 aliphatic heterocycles. The van der Waals surface area contributed by atoms with Crippen LogP contribution in [-0.2, 0) is 11.2 Å². The molecule has 13 heavy (non-hydrogen) atoms. The van der Waals surface area contributed by atoms with Crippen LogP contribution >= 0.6 is 11.8 Å². The van der Waals surface area contributed by atoms with Crippen molar-refractivity contribution in [3.05, 3.63) is 35.9 Å². The first kappa shape index (κ1) is 9.82. The van der Waals surface area contributed by atoms with E-state index in [1.54, 1.807) is 0 Å². The summed E-state index contributed by atoms with van der Waals surface area (Å²) in [5.41, 5.74) is 0.998. The smallest absolute Gasteiger partial charge is 0.194 e. The van der Waals surface area contributed by atoms with Gasteiger partial charge in [-0.05, 0) is 5.56 Å². The zero-order chi connectivity index (χ0) is 9.52. The Morgan fingerprint density at radius 2 is 2.08 bits per heavy atom. The largest absolute Gasteiger partial charge is 0.287 e. The van der Waals surface area contributed by atoms with Crippen molar-refractivity contribution in [1.29, 1.82) is 5.26 Å². The van der Waals surface area contributed by atoms with E-state index in [1.807, 2.05) is 36.4 Å². The lowest BCUT2D eigenvalue weighted by atomic mass is 10.2. The molecular formula is C10H9NOS. The summed E-state index contributed by atoms with van der Waals surface area (Å²) in [5.74, 6) is 0.242.